The van der Waals surface area contributed by atoms with Gasteiger partial charge in [-0.1, -0.05) is 131 Å². The van der Waals surface area contributed by atoms with Crippen molar-refractivity contribution in [3.8, 4) is 0 Å². The monoisotopic (exact) mass is 566 g/mol. The molecule has 0 radical (unpaired) electrons. The number of hydrogen-bond donors (Lipinski definition) is 0. The summed E-state index contributed by atoms with van der Waals surface area (Å²) in [6.45, 7) is 35.3. The van der Waals surface area contributed by atoms with Gasteiger partial charge >= 0.3 is 0 Å². The molecule has 0 bridgehead atoms. The van der Waals surface area contributed by atoms with Crippen molar-refractivity contribution < 1.29 is 40.4 Å². The SMILES string of the molecule is CC1C(C)C(C)C([Si](C)(C)[N-]C(C)(C)C)C1C.C[Si](C)(C)[N-][Si](C)(C)C.[Sm]. The third-order valence-corrected chi connectivity index (χ3v) is 15.0. The van der Waals surface area contributed by atoms with Crippen molar-refractivity contribution in [1.29, 1.82) is 0 Å². The summed E-state index contributed by atoms with van der Waals surface area (Å²) < 4.78 is 4.82. The van der Waals surface area contributed by atoms with Crippen LogP contribution in [0.25, 0.3) is 9.63 Å². The van der Waals surface area contributed by atoms with E-state index in [1.165, 1.54) is 0 Å². The second-order valence-electron chi connectivity index (χ2n) is 12.4. The molecular formula is C21H50N2Si3Sm-2. The van der Waals surface area contributed by atoms with E-state index in [-0.39, 0.29) is 45.9 Å². The molecule has 0 saturated heterocycles. The smallest absolute Gasteiger partial charge is 0 e. The molecule has 1 fully saturated rings. The average molecular weight is 565 g/mol. The number of rotatable bonds is 4. The van der Waals surface area contributed by atoms with Crippen LogP contribution in [-0.4, -0.2) is 30.2 Å². The van der Waals surface area contributed by atoms with Crippen LogP contribution in [-0.2, 0) is 0 Å². The largest absolute Gasteiger partial charge is 0.668 e. The van der Waals surface area contributed by atoms with Crippen LogP contribution in [0.3, 0.4) is 0 Å². The van der Waals surface area contributed by atoms with Gasteiger partial charge in [0.2, 0.25) is 0 Å². The van der Waals surface area contributed by atoms with Gasteiger partial charge in [0.15, 0.2) is 0 Å². The molecule has 0 aliphatic heterocycles. The standard InChI is InChI=1S/C15H32NSi.C6H18NSi2.Sm/c1-10-11(2)13(4)14(12(10)3)17(8,9)16-15(5,6)7;1-8(2,3)7-9(4,5)6;/h10-14H,1-9H3;1-6H3;/q2*-1;. The molecule has 0 N–H and O–H groups in total. The molecule has 4 unspecified atom stereocenters. The van der Waals surface area contributed by atoms with E-state index in [1.54, 1.807) is 0 Å². The maximum atomic E-state index is 5.23. The first kappa shape index (κ1) is 31.1. The Balaban J connectivity index is 0. The van der Waals surface area contributed by atoms with Gasteiger partial charge in [0, 0.05) is 40.4 Å². The van der Waals surface area contributed by atoms with Gasteiger partial charge in [-0.25, -0.2) is 0 Å². The van der Waals surface area contributed by atoms with Crippen LogP contribution in [0.2, 0.25) is 57.9 Å². The Morgan fingerprint density at radius 1 is 0.593 bits per heavy atom. The van der Waals surface area contributed by atoms with Crippen molar-refractivity contribution in [2.45, 2.75) is 112 Å². The van der Waals surface area contributed by atoms with E-state index in [0.29, 0.717) is 0 Å². The Morgan fingerprint density at radius 2 is 0.889 bits per heavy atom. The van der Waals surface area contributed by atoms with Crippen LogP contribution in [0, 0.1) is 64.1 Å². The van der Waals surface area contributed by atoms with E-state index in [4.69, 9.17) is 9.63 Å². The van der Waals surface area contributed by atoms with Crippen LogP contribution in [0.1, 0.15) is 48.5 Å². The first-order valence-corrected chi connectivity index (χ1v) is 20.6. The van der Waals surface area contributed by atoms with Gasteiger partial charge in [0.05, 0.1) is 0 Å². The number of hydrogen-bond acceptors (Lipinski definition) is 0. The molecule has 6 heteroatoms. The van der Waals surface area contributed by atoms with Crippen LogP contribution >= 0.6 is 0 Å². The first-order chi connectivity index (χ1) is 11.2. The molecule has 0 amide bonds. The van der Waals surface area contributed by atoms with E-state index in [0.717, 1.165) is 29.2 Å². The van der Waals surface area contributed by atoms with Crippen molar-refractivity contribution in [2.75, 3.05) is 0 Å². The van der Waals surface area contributed by atoms with Crippen molar-refractivity contribution in [3.05, 3.63) is 9.63 Å². The summed E-state index contributed by atoms with van der Waals surface area (Å²) in [5, 5.41) is 0. The van der Waals surface area contributed by atoms with Crippen LogP contribution in [0.4, 0.5) is 0 Å². The summed E-state index contributed by atoms with van der Waals surface area (Å²) in [6.07, 6.45) is 0. The molecule has 0 spiro atoms. The molecule has 1 aliphatic carbocycles. The van der Waals surface area contributed by atoms with Gasteiger partial charge in [-0.2, -0.15) is 0 Å². The van der Waals surface area contributed by atoms with Gasteiger partial charge in [0.25, 0.3) is 0 Å². The molecule has 4 atom stereocenters. The topological polar surface area (TPSA) is 28.2 Å². The zero-order valence-electron chi connectivity index (χ0n) is 21.2. The second-order valence-corrected chi connectivity index (χ2v) is 26.1. The minimum absolute atomic E-state index is 0. The fourth-order valence-electron chi connectivity index (χ4n) is 5.32. The molecular weight excluding hydrogens is 515 g/mol. The summed E-state index contributed by atoms with van der Waals surface area (Å²) in [5.74, 6) is 3.40. The maximum Gasteiger partial charge on any atom is 0 e. The quantitative estimate of drug-likeness (QED) is 0.307. The Bertz CT molecular complexity index is 410. The van der Waals surface area contributed by atoms with Crippen LogP contribution in [0.5, 0.6) is 0 Å². The van der Waals surface area contributed by atoms with E-state index in [1.807, 2.05) is 0 Å². The molecule has 27 heavy (non-hydrogen) atoms. The Labute approximate surface area is 208 Å². The molecule has 1 saturated carbocycles. The summed E-state index contributed by atoms with van der Waals surface area (Å²) >= 11 is 0. The van der Waals surface area contributed by atoms with Crippen molar-refractivity contribution >= 4 is 24.7 Å². The van der Waals surface area contributed by atoms with E-state index >= 15 is 0 Å². The van der Waals surface area contributed by atoms with Gasteiger partial charge in [0.1, 0.15) is 0 Å². The van der Waals surface area contributed by atoms with Crippen molar-refractivity contribution in [1.82, 2.24) is 0 Å². The van der Waals surface area contributed by atoms with Gasteiger partial charge in [-0.3, -0.25) is 0 Å². The van der Waals surface area contributed by atoms with E-state index in [2.05, 4.69) is 101 Å². The molecule has 2 nitrogen and oxygen atoms in total. The third kappa shape index (κ3) is 11.8. The van der Waals surface area contributed by atoms with Crippen LogP contribution < -0.4 is 0 Å². The van der Waals surface area contributed by atoms with E-state index in [9.17, 15) is 0 Å². The first-order valence-electron chi connectivity index (χ1n) is 10.7. The van der Waals surface area contributed by atoms with Gasteiger partial charge in [-0.05, 0) is 23.7 Å². The maximum absolute atomic E-state index is 5.23. The zero-order chi connectivity index (χ0) is 21.3. The van der Waals surface area contributed by atoms with E-state index < -0.39 is 24.7 Å². The Hall–Kier alpha value is 1.91. The third-order valence-electron chi connectivity index (χ3n) is 5.73. The zero-order valence-corrected chi connectivity index (χ0v) is 26.8. The second kappa shape index (κ2) is 11.0. The Kier molecular flexibility index (Phi) is 12.6. The molecule has 0 aromatic carbocycles. The predicted molar refractivity (Wildman–Crippen MR) is 131 cm³/mol. The summed E-state index contributed by atoms with van der Waals surface area (Å²) in [4.78, 5) is 5.23. The Morgan fingerprint density at radius 3 is 1.07 bits per heavy atom. The molecule has 1 rings (SSSR count). The minimum Gasteiger partial charge on any atom is -0.668 e. The van der Waals surface area contributed by atoms with Crippen LogP contribution in [0.15, 0.2) is 0 Å². The van der Waals surface area contributed by atoms with Crippen molar-refractivity contribution in [3.63, 3.8) is 0 Å². The molecule has 0 heterocycles. The predicted octanol–water partition coefficient (Wildman–Crippen LogP) is 8.32. The van der Waals surface area contributed by atoms with Crippen molar-refractivity contribution in [2.24, 2.45) is 23.7 Å². The normalized spacial score (nSPS) is 29.7. The molecule has 164 valence electrons. The average Bonchev–Trinajstić information content (AvgIpc) is 2.46. The fraction of sp³-hybridized carbons (Fsp3) is 1.00. The summed E-state index contributed by atoms with van der Waals surface area (Å²) in [6, 6.07) is 0. The molecule has 1 aliphatic rings. The summed E-state index contributed by atoms with van der Waals surface area (Å²) in [5.41, 5.74) is 0.983. The minimum atomic E-state index is -1.49. The summed E-state index contributed by atoms with van der Waals surface area (Å²) in [7, 11) is -3.70. The number of nitrogens with zero attached hydrogens (tertiary/aromatic N) is 2. The molecule has 0 aromatic heterocycles. The fourth-order valence-corrected chi connectivity index (χ4v) is 18.4. The van der Waals surface area contributed by atoms with Gasteiger partial charge < -0.3 is 9.63 Å². The van der Waals surface area contributed by atoms with Gasteiger partial charge in [-0.15, -0.1) is 5.54 Å². The molecule has 0 aromatic rings.